The van der Waals surface area contributed by atoms with E-state index in [1.54, 1.807) is 0 Å². The zero-order chi connectivity index (χ0) is 17.4. The Morgan fingerprint density at radius 3 is 2.54 bits per heavy atom. The Bertz CT molecular complexity index is 531. The van der Waals surface area contributed by atoms with E-state index in [0.29, 0.717) is 32.7 Å². The smallest absolute Gasteiger partial charge is 0.312 e. The molecule has 1 aliphatic heterocycles. The topological polar surface area (TPSA) is 55.8 Å². The van der Waals surface area contributed by atoms with E-state index in [1.807, 2.05) is 30.3 Å². The van der Waals surface area contributed by atoms with Gasteiger partial charge < -0.3 is 14.4 Å². The highest BCUT2D eigenvalue weighted by Gasteiger charge is 2.37. The number of esters is 1. The molecule has 1 aliphatic rings. The van der Waals surface area contributed by atoms with Crippen LogP contribution in [0.1, 0.15) is 18.4 Å². The van der Waals surface area contributed by atoms with Crippen LogP contribution in [-0.2, 0) is 25.5 Å². The lowest BCUT2D eigenvalue weighted by molar-refractivity contribution is -0.155. The van der Waals surface area contributed by atoms with Crippen LogP contribution in [-0.4, -0.2) is 56.4 Å². The maximum Gasteiger partial charge on any atom is 0.312 e. The predicted octanol–water partition coefficient (Wildman–Crippen LogP) is 2.00. The number of hydrogen-bond donors (Lipinski definition) is 0. The summed E-state index contributed by atoms with van der Waals surface area (Å²) in [4.78, 5) is 25.6. The van der Waals surface area contributed by atoms with Crippen molar-refractivity contribution in [2.24, 2.45) is 5.92 Å². The number of carbonyl (C=O) groups excluding carboxylic acids is 2. The second kappa shape index (κ2) is 9.37. The Kier molecular flexibility index (Phi) is 7.18. The summed E-state index contributed by atoms with van der Waals surface area (Å²) in [5.74, 6) is -2.38. The quantitative estimate of drug-likeness (QED) is 0.714. The number of hydrogen-bond acceptors (Lipinski definition) is 4. The van der Waals surface area contributed by atoms with Crippen LogP contribution in [0.25, 0.3) is 0 Å². The predicted molar refractivity (Wildman–Crippen MR) is 87.2 cm³/mol. The fourth-order valence-corrected chi connectivity index (χ4v) is 2.84. The summed E-state index contributed by atoms with van der Waals surface area (Å²) in [5.41, 5.74) is 1.12. The summed E-state index contributed by atoms with van der Waals surface area (Å²) in [7, 11) is 1.22. The fourth-order valence-electron chi connectivity index (χ4n) is 2.84. The van der Waals surface area contributed by atoms with E-state index in [-0.39, 0.29) is 6.42 Å². The molecule has 1 amide bonds. The van der Waals surface area contributed by atoms with Gasteiger partial charge in [-0.15, -0.1) is 0 Å². The third-order valence-corrected chi connectivity index (χ3v) is 4.24. The molecule has 0 aromatic heterocycles. The molecule has 2 atom stereocenters. The van der Waals surface area contributed by atoms with E-state index < -0.39 is 24.0 Å². The van der Waals surface area contributed by atoms with Crippen molar-refractivity contribution in [2.45, 2.75) is 25.4 Å². The number of alkyl halides is 1. The maximum atomic E-state index is 14.7. The molecule has 5 nitrogen and oxygen atoms in total. The lowest BCUT2D eigenvalue weighted by atomic mass is 9.94. The van der Waals surface area contributed by atoms with Crippen LogP contribution in [0.15, 0.2) is 30.3 Å². The average Bonchev–Trinajstić information content (AvgIpc) is 2.65. The fraction of sp³-hybridized carbons (Fsp3) is 0.556. The minimum Gasteiger partial charge on any atom is -0.469 e. The summed E-state index contributed by atoms with van der Waals surface area (Å²) < 4.78 is 24.5. The van der Waals surface area contributed by atoms with Gasteiger partial charge in [0.25, 0.3) is 5.91 Å². The van der Waals surface area contributed by atoms with Crippen LogP contribution in [0.5, 0.6) is 0 Å². The summed E-state index contributed by atoms with van der Waals surface area (Å²) in [6.07, 6.45) is -0.252. The Hall–Kier alpha value is -1.95. The highest BCUT2D eigenvalue weighted by Crippen LogP contribution is 2.21. The number of benzene rings is 1. The van der Waals surface area contributed by atoms with Gasteiger partial charge in [0, 0.05) is 13.1 Å². The summed E-state index contributed by atoms with van der Waals surface area (Å²) >= 11 is 0. The SMILES string of the molecule is COC(=O)[C@H](CCCc1ccccc1)C(F)C(=O)N1CCOCC1. The van der Waals surface area contributed by atoms with E-state index in [2.05, 4.69) is 0 Å². The number of nitrogens with zero attached hydrogens (tertiary/aromatic N) is 1. The van der Waals surface area contributed by atoms with Gasteiger partial charge in [-0.2, -0.15) is 0 Å². The molecule has 0 radical (unpaired) electrons. The van der Waals surface area contributed by atoms with Gasteiger partial charge >= 0.3 is 5.97 Å². The Morgan fingerprint density at radius 2 is 1.92 bits per heavy atom. The molecule has 1 heterocycles. The lowest BCUT2D eigenvalue weighted by Gasteiger charge is -2.29. The molecular formula is C18H24FNO4. The van der Waals surface area contributed by atoms with Crippen LogP contribution in [0.2, 0.25) is 0 Å². The Morgan fingerprint density at radius 1 is 1.25 bits per heavy atom. The summed E-state index contributed by atoms with van der Waals surface area (Å²) in [6, 6.07) is 9.78. The minimum atomic E-state index is -1.87. The molecule has 2 rings (SSSR count). The van der Waals surface area contributed by atoms with Crippen molar-refractivity contribution in [3.63, 3.8) is 0 Å². The van der Waals surface area contributed by atoms with Gasteiger partial charge in [-0.3, -0.25) is 9.59 Å². The molecule has 1 aromatic carbocycles. The van der Waals surface area contributed by atoms with Crippen molar-refractivity contribution in [1.82, 2.24) is 4.90 Å². The van der Waals surface area contributed by atoms with Gasteiger partial charge in [0.15, 0.2) is 6.17 Å². The Balaban J connectivity index is 1.93. The van der Waals surface area contributed by atoms with E-state index in [1.165, 1.54) is 12.0 Å². The maximum absolute atomic E-state index is 14.7. The van der Waals surface area contributed by atoms with Crippen LogP contribution in [0, 0.1) is 5.92 Å². The van der Waals surface area contributed by atoms with Crippen molar-refractivity contribution in [3.05, 3.63) is 35.9 Å². The molecular weight excluding hydrogens is 313 g/mol. The molecule has 132 valence electrons. The van der Waals surface area contributed by atoms with E-state index >= 15 is 0 Å². The molecule has 24 heavy (non-hydrogen) atoms. The summed E-state index contributed by atoms with van der Waals surface area (Å²) in [6.45, 7) is 1.51. The first-order chi connectivity index (χ1) is 11.6. The van der Waals surface area contributed by atoms with Gasteiger partial charge in [-0.25, -0.2) is 4.39 Å². The van der Waals surface area contributed by atoms with Gasteiger partial charge in [0.2, 0.25) is 0 Å². The summed E-state index contributed by atoms with van der Waals surface area (Å²) in [5, 5.41) is 0. The van der Waals surface area contributed by atoms with Crippen molar-refractivity contribution >= 4 is 11.9 Å². The normalized spacial score (nSPS) is 17.2. The molecule has 1 fully saturated rings. The number of halogens is 1. The van der Waals surface area contributed by atoms with Crippen LogP contribution < -0.4 is 0 Å². The average molecular weight is 337 g/mol. The van der Waals surface area contributed by atoms with E-state index in [9.17, 15) is 14.0 Å². The van der Waals surface area contributed by atoms with E-state index in [0.717, 1.165) is 12.0 Å². The molecule has 0 spiro atoms. The van der Waals surface area contributed by atoms with Crippen molar-refractivity contribution < 1.29 is 23.5 Å². The van der Waals surface area contributed by atoms with Gasteiger partial charge in [0.1, 0.15) is 0 Å². The first kappa shape index (κ1) is 18.4. The van der Waals surface area contributed by atoms with Crippen molar-refractivity contribution in [2.75, 3.05) is 33.4 Å². The minimum absolute atomic E-state index is 0.277. The lowest BCUT2D eigenvalue weighted by Crippen LogP contribution is -2.47. The molecule has 1 unspecified atom stereocenters. The first-order valence-corrected chi connectivity index (χ1v) is 8.26. The second-order valence-electron chi connectivity index (χ2n) is 5.85. The molecule has 0 aliphatic carbocycles. The van der Waals surface area contributed by atoms with Gasteiger partial charge in [0.05, 0.1) is 26.2 Å². The standard InChI is InChI=1S/C18H24FNO4/c1-23-18(22)15(9-5-8-14-6-3-2-4-7-14)16(19)17(21)20-10-12-24-13-11-20/h2-4,6-7,15-16H,5,8-13H2,1H3/t15-,16?/m1/s1. The van der Waals surface area contributed by atoms with E-state index in [4.69, 9.17) is 9.47 Å². The molecule has 1 aromatic rings. The number of ether oxygens (including phenoxy) is 2. The highest BCUT2D eigenvalue weighted by atomic mass is 19.1. The largest absolute Gasteiger partial charge is 0.469 e. The van der Waals surface area contributed by atoms with Crippen LogP contribution in [0.3, 0.4) is 0 Å². The van der Waals surface area contributed by atoms with Crippen molar-refractivity contribution in [1.29, 1.82) is 0 Å². The number of morpholine rings is 1. The van der Waals surface area contributed by atoms with Gasteiger partial charge in [-0.05, 0) is 24.8 Å². The molecule has 0 bridgehead atoms. The molecule has 0 N–H and O–H groups in total. The van der Waals surface area contributed by atoms with Crippen molar-refractivity contribution in [3.8, 4) is 0 Å². The number of carbonyl (C=O) groups is 2. The van der Waals surface area contributed by atoms with Crippen LogP contribution in [0.4, 0.5) is 4.39 Å². The molecule has 0 saturated carbocycles. The number of aryl methyl sites for hydroxylation is 1. The number of methoxy groups -OCH3 is 1. The second-order valence-corrected chi connectivity index (χ2v) is 5.85. The third-order valence-electron chi connectivity index (χ3n) is 4.24. The first-order valence-electron chi connectivity index (χ1n) is 8.26. The monoisotopic (exact) mass is 337 g/mol. The van der Waals surface area contributed by atoms with Crippen LogP contribution >= 0.6 is 0 Å². The highest BCUT2D eigenvalue weighted by molar-refractivity contribution is 5.87. The number of amides is 1. The Labute approximate surface area is 141 Å². The zero-order valence-corrected chi connectivity index (χ0v) is 13.9. The zero-order valence-electron chi connectivity index (χ0n) is 13.9. The van der Waals surface area contributed by atoms with Gasteiger partial charge in [-0.1, -0.05) is 30.3 Å². The molecule has 1 saturated heterocycles. The molecule has 6 heteroatoms. The third kappa shape index (κ3) is 5.03. The number of rotatable bonds is 7.